The maximum Gasteiger partial charge on any atom is 0.261 e. The van der Waals surface area contributed by atoms with Crippen LogP contribution in [-0.2, 0) is 56.8 Å². The van der Waals surface area contributed by atoms with Crippen LogP contribution < -0.4 is 0 Å². The molecule has 1 aromatic rings. The van der Waals surface area contributed by atoms with Crippen molar-refractivity contribution in [1.82, 2.24) is 4.90 Å². The minimum Gasteiger partial charge on any atom is -0.377 e. The lowest BCUT2D eigenvalue weighted by atomic mass is 10.1. The molecule has 0 radical (unpaired) electrons. The fourth-order valence-corrected chi connectivity index (χ4v) is 4.17. The van der Waals surface area contributed by atoms with Crippen molar-refractivity contribution in [1.29, 1.82) is 0 Å². The number of fused-ring (bicyclic) bond motifs is 1. The molecule has 0 unspecified atom stereocenters. The zero-order chi connectivity index (χ0) is 35.6. The van der Waals surface area contributed by atoms with Crippen molar-refractivity contribution >= 4 is 11.8 Å². The minimum atomic E-state index is -0.481. The summed E-state index contributed by atoms with van der Waals surface area (Å²) in [6.45, 7) is 10.1. The summed E-state index contributed by atoms with van der Waals surface area (Å²) in [7, 11) is 0. The molecule has 50 heavy (non-hydrogen) atoms. The van der Waals surface area contributed by atoms with Gasteiger partial charge in [0.2, 0.25) is 0 Å². The van der Waals surface area contributed by atoms with E-state index in [0.29, 0.717) is 156 Å². The topological polar surface area (TPSA) is 148 Å². The average Bonchev–Trinajstić information content (AvgIpc) is 3.37. The van der Waals surface area contributed by atoms with Crippen molar-refractivity contribution in [3.8, 4) is 0 Å². The third-order valence-corrected chi connectivity index (χ3v) is 6.65. The van der Waals surface area contributed by atoms with Gasteiger partial charge in [0.1, 0.15) is 6.67 Å². The summed E-state index contributed by atoms with van der Waals surface area (Å²) in [5, 5.41) is 0. The second-order valence-corrected chi connectivity index (χ2v) is 10.3. The van der Waals surface area contributed by atoms with Crippen LogP contribution >= 0.6 is 0 Å². The molecule has 1 aliphatic rings. The van der Waals surface area contributed by atoms with E-state index in [2.05, 4.69) is 0 Å². The van der Waals surface area contributed by atoms with Crippen LogP contribution in [0, 0.1) is 0 Å². The molecule has 15 nitrogen and oxygen atoms in total. The van der Waals surface area contributed by atoms with Gasteiger partial charge in [0.05, 0.1) is 176 Å². The lowest BCUT2D eigenvalue weighted by molar-refractivity contribution is -0.0285. The Kier molecular flexibility index (Phi) is 28.8. The lowest BCUT2D eigenvalue weighted by Crippen LogP contribution is -2.33. The molecule has 1 aliphatic heterocycles. The van der Waals surface area contributed by atoms with E-state index in [4.69, 9.17) is 56.8 Å². The number of hydrogen-bond acceptors (Lipinski definition) is 14. The van der Waals surface area contributed by atoms with Crippen molar-refractivity contribution in [2.24, 2.45) is 0 Å². The number of nitrogens with zero attached hydrogens (tertiary/aromatic N) is 1. The highest BCUT2D eigenvalue weighted by Crippen LogP contribution is 2.21. The number of ether oxygens (including phenoxy) is 12. The van der Waals surface area contributed by atoms with Crippen LogP contribution in [0.4, 0.5) is 4.39 Å². The Bertz CT molecular complexity index is 927. The maximum absolute atomic E-state index is 12.3. The molecule has 288 valence electrons. The first-order valence-corrected chi connectivity index (χ1v) is 17.2. The molecule has 16 heteroatoms. The first-order chi connectivity index (χ1) is 24.8. The number of benzene rings is 1. The zero-order valence-corrected chi connectivity index (χ0v) is 29.2. The van der Waals surface area contributed by atoms with E-state index in [-0.39, 0.29) is 31.6 Å². The van der Waals surface area contributed by atoms with Crippen LogP contribution in [0.2, 0.25) is 0 Å². The largest absolute Gasteiger partial charge is 0.377 e. The SMILES string of the molecule is O=C1c2ccccc2C(=O)N1CCOCCOCCOCCOCCOCCOCCOCCOCCOCCOCCOCCOCCF. The van der Waals surface area contributed by atoms with Crippen LogP contribution in [0.15, 0.2) is 24.3 Å². The molecule has 0 aliphatic carbocycles. The van der Waals surface area contributed by atoms with Gasteiger partial charge in [-0.05, 0) is 12.1 Å². The Hall–Kier alpha value is -2.19. The Morgan fingerprint density at radius 3 is 0.820 bits per heavy atom. The van der Waals surface area contributed by atoms with Crippen molar-refractivity contribution in [2.45, 2.75) is 0 Å². The summed E-state index contributed by atoms with van der Waals surface area (Å²) in [5.74, 6) is -0.563. The fourth-order valence-electron chi connectivity index (χ4n) is 4.17. The van der Waals surface area contributed by atoms with Crippen LogP contribution in [0.5, 0.6) is 0 Å². The van der Waals surface area contributed by atoms with Gasteiger partial charge in [-0.3, -0.25) is 14.5 Å². The number of amides is 2. The van der Waals surface area contributed by atoms with Crippen molar-refractivity contribution in [3.63, 3.8) is 0 Å². The molecule has 0 bridgehead atoms. The van der Waals surface area contributed by atoms with Gasteiger partial charge >= 0.3 is 0 Å². The fraction of sp³-hybridized carbons (Fsp3) is 0.765. The summed E-state index contributed by atoms with van der Waals surface area (Å²) in [6, 6.07) is 6.81. The molecular formula is C34H56FNO14. The Balaban J connectivity index is 1.16. The van der Waals surface area contributed by atoms with Gasteiger partial charge in [-0.25, -0.2) is 4.39 Å². The summed E-state index contributed by atoms with van der Waals surface area (Å²) in [6.07, 6.45) is 0. The van der Waals surface area contributed by atoms with Crippen LogP contribution in [0.1, 0.15) is 20.7 Å². The van der Waals surface area contributed by atoms with Crippen molar-refractivity contribution < 1.29 is 70.8 Å². The lowest BCUT2D eigenvalue weighted by Gasteiger charge is -2.13. The number of rotatable bonds is 38. The van der Waals surface area contributed by atoms with E-state index in [1.807, 2.05) is 0 Å². The Morgan fingerprint density at radius 2 is 0.580 bits per heavy atom. The van der Waals surface area contributed by atoms with Crippen molar-refractivity contribution in [3.05, 3.63) is 35.4 Å². The predicted molar refractivity (Wildman–Crippen MR) is 178 cm³/mol. The molecule has 1 heterocycles. The molecular weight excluding hydrogens is 665 g/mol. The van der Waals surface area contributed by atoms with Gasteiger partial charge in [-0.15, -0.1) is 0 Å². The minimum absolute atomic E-state index is 0.106. The second kappa shape index (κ2) is 32.7. The standard InChI is InChI=1S/C34H56FNO14/c35-5-7-39-9-11-41-13-15-43-17-19-45-21-23-47-25-27-49-29-30-50-28-26-48-24-22-46-20-18-44-16-14-42-12-10-40-8-6-36-33(37)31-3-1-2-4-32(31)34(36)38/h1-4H,5-30H2. The molecule has 0 saturated carbocycles. The number of halogens is 1. The number of imide groups is 1. The Labute approximate surface area is 294 Å². The third kappa shape index (κ3) is 22.6. The van der Waals surface area contributed by atoms with E-state index >= 15 is 0 Å². The van der Waals surface area contributed by atoms with Gasteiger partial charge in [0.25, 0.3) is 11.8 Å². The molecule has 1 aromatic carbocycles. The normalized spacial score (nSPS) is 12.8. The van der Waals surface area contributed by atoms with Gasteiger partial charge in [-0.1, -0.05) is 12.1 Å². The van der Waals surface area contributed by atoms with Crippen LogP contribution in [-0.4, -0.2) is 188 Å². The average molecular weight is 722 g/mol. The van der Waals surface area contributed by atoms with E-state index in [1.54, 1.807) is 24.3 Å². The molecule has 0 spiro atoms. The summed E-state index contributed by atoms with van der Waals surface area (Å²) in [5.41, 5.74) is 0.877. The van der Waals surface area contributed by atoms with Crippen LogP contribution in [0.3, 0.4) is 0 Å². The molecule has 0 N–H and O–H groups in total. The highest BCUT2D eigenvalue weighted by atomic mass is 19.1. The van der Waals surface area contributed by atoms with Crippen molar-refractivity contribution in [2.75, 3.05) is 172 Å². The van der Waals surface area contributed by atoms with E-state index in [0.717, 1.165) is 0 Å². The first kappa shape index (κ1) is 44.0. The highest BCUT2D eigenvalue weighted by molar-refractivity contribution is 6.21. The molecule has 0 fully saturated rings. The van der Waals surface area contributed by atoms with Gasteiger partial charge < -0.3 is 56.8 Å². The summed E-state index contributed by atoms with van der Waals surface area (Å²) < 4.78 is 76.6. The van der Waals surface area contributed by atoms with Gasteiger partial charge in [0, 0.05) is 0 Å². The monoisotopic (exact) mass is 721 g/mol. The van der Waals surface area contributed by atoms with Crippen LogP contribution in [0.25, 0.3) is 0 Å². The van der Waals surface area contributed by atoms with Gasteiger partial charge in [-0.2, -0.15) is 0 Å². The quantitative estimate of drug-likeness (QED) is 0.0717. The number of hydrogen-bond donors (Lipinski definition) is 0. The maximum atomic E-state index is 12.3. The third-order valence-electron chi connectivity index (χ3n) is 6.65. The number of carbonyl (C=O) groups excluding carboxylic acids is 2. The highest BCUT2D eigenvalue weighted by Gasteiger charge is 2.34. The molecule has 2 amide bonds. The van der Waals surface area contributed by atoms with Gasteiger partial charge in [0.15, 0.2) is 0 Å². The van der Waals surface area contributed by atoms with E-state index in [1.165, 1.54) is 4.90 Å². The predicted octanol–water partition coefficient (Wildman–Crippen LogP) is 1.45. The second-order valence-electron chi connectivity index (χ2n) is 10.3. The van der Waals surface area contributed by atoms with E-state index in [9.17, 15) is 14.0 Å². The molecule has 0 atom stereocenters. The molecule has 0 saturated heterocycles. The summed E-state index contributed by atoms with van der Waals surface area (Å²) >= 11 is 0. The number of alkyl halides is 1. The van der Waals surface area contributed by atoms with E-state index < -0.39 is 6.67 Å². The molecule has 0 aromatic heterocycles. The first-order valence-electron chi connectivity index (χ1n) is 17.2. The molecule has 2 rings (SSSR count). The smallest absolute Gasteiger partial charge is 0.261 e. The summed E-state index contributed by atoms with van der Waals surface area (Å²) in [4.78, 5) is 25.8. The zero-order valence-electron chi connectivity index (χ0n) is 29.2. The number of carbonyl (C=O) groups is 2. The Morgan fingerprint density at radius 1 is 0.360 bits per heavy atom.